The van der Waals surface area contributed by atoms with Crippen LogP contribution in [-0.4, -0.2) is 18.1 Å². The lowest BCUT2D eigenvalue weighted by molar-refractivity contribution is 0.267. The van der Waals surface area contributed by atoms with Crippen LogP contribution in [-0.2, 0) is 0 Å². The van der Waals surface area contributed by atoms with Gasteiger partial charge in [0.1, 0.15) is 0 Å². The maximum Gasteiger partial charge on any atom is 0.0102 e. The Morgan fingerprint density at radius 3 is 2.42 bits per heavy atom. The number of hydrogen-bond acceptors (Lipinski definition) is 2. The van der Waals surface area contributed by atoms with E-state index in [4.69, 9.17) is 5.73 Å². The number of nitrogens with two attached hydrogens (primary N) is 1. The first-order valence-electron chi connectivity index (χ1n) is 5.01. The largest absolute Gasteiger partial charge is 0.327 e. The Bertz CT molecular complexity index is 161. The van der Waals surface area contributed by atoms with Gasteiger partial charge in [0.2, 0.25) is 0 Å². The molecule has 0 aromatic rings. The highest BCUT2D eigenvalue weighted by Crippen LogP contribution is 2.56. The van der Waals surface area contributed by atoms with Crippen molar-refractivity contribution < 1.29 is 0 Å². The van der Waals surface area contributed by atoms with E-state index in [0.717, 1.165) is 5.92 Å². The van der Waals surface area contributed by atoms with Gasteiger partial charge in [-0.1, -0.05) is 0 Å². The first-order chi connectivity index (χ1) is 5.77. The van der Waals surface area contributed by atoms with E-state index in [0.29, 0.717) is 11.5 Å². The molecule has 2 N–H and O–H groups in total. The fourth-order valence-electron chi connectivity index (χ4n) is 2.61. The van der Waals surface area contributed by atoms with Gasteiger partial charge in [0.25, 0.3) is 0 Å². The predicted molar refractivity (Wildman–Crippen MR) is 55.4 cm³/mol. The molecule has 2 fully saturated rings. The van der Waals surface area contributed by atoms with Crippen LogP contribution >= 0.6 is 11.8 Å². The zero-order valence-electron chi connectivity index (χ0n) is 7.88. The van der Waals surface area contributed by atoms with Crippen LogP contribution in [0.15, 0.2) is 0 Å². The summed E-state index contributed by atoms with van der Waals surface area (Å²) >= 11 is 2.00. The van der Waals surface area contributed by atoms with Crippen molar-refractivity contribution in [3.8, 4) is 0 Å². The third kappa shape index (κ3) is 1.51. The lowest BCUT2D eigenvalue weighted by Crippen LogP contribution is -2.22. The van der Waals surface area contributed by atoms with Crippen molar-refractivity contribution in [1.82, 2.24) is 0 Å². The van der Waals surface area contributed by atoms with E-state index >= 15 is 0 Å². The summed E-state index contributed by atoms with van der Waals surface area (Å²) in [4.78, 5) is 0. The van der Waals surface area contributed by atoms with Gasteiger partial charge in [-0.15, -0.1) is 0 Å². The maximum absolute atomic E-state index is 5.95. The van der Waals surface area contributed by atoms with E-state index in [9.17, 15) is 0 Å². The van der Waals surface area contributed by atoms with E-state index in [1.54, 1.807) is 0 Å². The van der Waals surface area contributed by atoms with Crippen LogP contribution in [0.2, 0.25) is 0 Å². The fourth-order valence-corrected chi connectivity index (χ4v) is 3.41. The standard InChI is InChI=1S/C10H19NS/c1-12-7-8-2-4-10(5-3-8)6-9(10)11/h8-9H,2-7,11H2,1H3. The molecule has 2 heteroatoms. The summed E-state index contributed by atoms with van der Waals surface area (Å²) < 4.78 is 0. The van der Waals surface area contributed by atoms with Gasteiger partial charge in [0.05, 0.1) is 0 Å². The van der Waals surface area contributed by atoms with Gasteiger partial charge in [-0.2, -0.15) is 11.8 Å². The van der Waals surface area contributed by atoms with Crippen molar-refractivity contribution in [3.63, 3.8) is 0 Å². The zero-order chi connectivity index (χ0) is 8.60. The second-order valence-corrected chi connectivity index (χ2v) is 5.48. The minimum Gasteiger partial charge on any atom is -0.327 e. The molecule has 1 atom stereocenters. The molecule has 1 unspecified atom stereocenters. The van der Waals surface area contributed by atoms with Crippen molar-refractivity contribution in [1.29, 1.82) is 0 Å². The Kier molecular flexibility index (Phi) is 2.39. The molecule has 0 radical (unpaired) electrons. The second kappa shape index (κ2) is 3.22. The van der Waals surface area contributed by atoms with Gasteiger partial charge in [-0.3, -0.25) is 0 Å². The molecule has 1 nitrogen and oxygen atoms in total. The van der Waals surface area contributed by atoms with Crippen molar-refractivity contribution in [3.05, 3.63) is 0 Å². The summed E-state index contributed by atoms with van der Waals surface area (Å²) in [6, 6.07) is 0.563. The molecule has 0 amide bonds. The van der Waals surface area contributed by atoms with Crippen LogP contribution in [0.4, 0.5) is 0 Å². The van der Waals surface area contributed by atoms with Crippen LogP contribution in [0, 0.1) is 11.3 Å². The van der Waals surface area contributed by atoms with Crippen molar-refractivity contribution in [2.24, 2.45) is 17.1 Å². The Morgan fingerprint density at radius 2 is 2.00 bits per heavy atom. The van der Waals surface area contributed by atoms with Crippen LogP contribution in [0.25, 0.3) is 0 Å². The highest BCUT2D eigenvalue weighted by molar-refractivity contribution is 7.98. The molecule has 2 saturated carbocycles. The minimum atomic E-state index is 0.563. The monoisotopic (exact) mass is 185 g/mol. The van der Waals surface area contributed by atoms with E-state index in [2.05, 4.69) is 6.26 Å². The average Bonchev–Trinajstić information content (AvgIpc) is 2.68. The fraction of sp³-hybridized carbons (Fsp3) is 1.00. The van der Waals surface area contributed by atoms with Gasteiger partial charge >= 0.3 is 0 Å². The summed E-state index contributed by atoms with van der Waals surface area (Å²) in [5.41, 5.74) is 6.58. The molecular formula is C10H19NS. The van der Waals surface area contributed by atoms with Gasteiger partial charge in [-0.05, 0) is 55.4 Å². The molecule has 0 aliphatic heterocycles. The Morgan fingerprint density at radius 1 is 1.42 bits per heavy atom. The lowest BCUT2D eigenvalue weighted by atomic mass is 9.80. The van der Waals surface area contributed by atoms with Crippen LogP contribution < -0.4 is 5.73 Å². The highest BCUT2D eigenvalue weighted by atomic mass is 32.2. The zero-order valence-corrected chi connectivity index (χ0v) is 8.70. The van der Waals surface area contributed by atoms with Gasteiger partial charge in [0.15, 0.2) is 0 Å². The van der Waals surface area contributed by atoms with E-state index < -0.39 is 0 Å². The first-order valence-corrected chi connectivity index (χ1v) is 6.41. The summed E-state index contributed by atoms with van der Waals surface area (Å²) in [5, 5.41) is 0. The van der Waals surface area contributed by atoms with Crippen molar-refractivity contribution in [2.75, 3.05) is 12.0 Å². The third-order valence-corrected chi connectivity index (χ3v) is 4.56. The van der Waals surface area contributed by atoms with Gasteiger partial charge in [-0.25, -0.2) is 0 Å². The molecule has 2 aliphatic carbocycles. The molecule has 70 valence electrons. The Balaban J connectivity index is 1.78. The van der Waals surface area contributed by atoms with E-state index in [1.807, 2.05) is 11.8 Å². The molecule has 0 bridgehead atoms. The summed E-state index contributed by atoms with van der Waals surface area (Å²) in [6.07, 6.45) is 9.24. The van der Waals surface area contributed by atoms with Crippen molar-refractivity contribution in [2.45, 2.75) is 38.1 Å². The molecule has 12 heavy (non-hydrogen) atoms. The van der Waals surface area contributed by atoms with E-state index in [-0.39, 0.29) is 0 Å². The maximum atomic E-state index is 5.95. The SMILES string of the molecule is CSCC1CCC2(CC1)CC2N. The van der Waals surface area contributed by atoms with Crippen LogP contribution in [0.5, 0.6) is 0 Å². The number of hydrogen-bond donors (Lipinski definition) is 1. The molecule has 2 rings (SSSR count). The molecule has 2 aliphatic rings. The lowest BCUT2D eigenvalue weighted by Gasteiger charge is -2.28. The average molecular weight is 185 g/mol. The van der Waals surface area contributed by atoms with Gasteiger partial charge in [0, 0.05) is 6.04 Å². The second-order valence-electron chi connectivity index (χ2n) is 4.57. The molecule has 0 saturated heterocycles. The predicted octanol–water partition coefficient (Wildman–Crippen LogP) is 2.26. The Labute approximate surface area is 79.5 Å². The molecule has 0 aromatic carbocycles. The molecule has 1 spiro atoms. The summed E-state index contributed by atoms with van der Waals surface area (Å²) in [6.45, 7) is 0. The highest BCUT2D eigenvalue weighted by Gasteiger charge is 2.52. The third-order valence-electron chi connectivity index (χ3n) is 3.76. The minimum absolute atomic E-state index is 0.563. The normalized spacial score (nSPS) is 46.5. The van der Waals surface area contributed by atoms with Crippen LogP contribution in [0.3, 0.4) is 0 Å². The number of rotatable bonds is 2. The molecule has 0 aromatic heterocycles. The summed E-state index contributed by atoms with van der Waals surface area (Å²) in [5.74, 6) is 2.36. The van der Waals surface area contributed by atoms with Crippen LogP contribution in [0.1, 0.15) is 32.1 Å². The number of thioether (sulfide) groups is 1. The van der Waals surface area contributed by atoms with Crippen molar-refractivity contribution >= 4 is 11.8 Å². The first kappa shape index (κ1) is 8.89. The summed E-state index contributed by atoms with van der Waals surface area (Å²) in [7, 11) is 0. The topological polar surface area (TPSA) is 26.0 Å². The van der Waals surface area contributed by atoms with Gasteiger partial charge < -0.3 is 5.73 Å². The molecule has 0 heterocycles. The quantitative estimate of drug-likeness (QED) is 0.714. The molecular weight excluding hydrogens is 166 g/mol. The van der Waals surface area contributed by atoms with E-state index in [1.165, 1.54) is 37.9 Å². The smallest absolute Gasteiger partial charge is 0.0102 e. The Hall–Kier alpha value is 0.310.